The molecule has 14 heavy (non-hydrogen) atoms. The van der Waals surface area contributed by atoms with Crippen LogP contribution < -0.4 is 0 Å². The zero-order valence-electron chi connectivity index (χ0n) is 7.37. The molecule has 1 N–H and O–H groups in total. The third-order valence-corrected chi connectivity index (χ3v) is 1.71. The van der Waals surface area contributed by atoms with E-state index in [9.17, 15) is 9.90 Å². The van der Waals surface area contributed by atoms with Gasteiger partial charge >= 0.3 is 0 Å². The summed E-state index contributed by atoms with van der Waals surface area (Å²) in [6, 6.07) is 8.50. The molecule has 5 nitrogen and oxygen atoms in total. The Morgan fingerprint density at radius 3 is 2.71 bits per heavy atom. The summed E-state index contributed by atoms with van der Waals surface area (Å²) in [6.45, 7) is -0.327. The normalized spacial score (nSPS) is 11.5. The highest BCUT2D eigenvalue weighted by Crippen LogP contribution is 2.12. The lowest BCUT2D eigenvalue weighted by molar-refractivity contribution is -0.125. The maximum atomic E-state index is 11.2. The van der Waals surface area contributed by atoms with E-state index in [2.05, 4.69) is 10.0 Å². The van der Waals surface area contributed by atoms with E-state index in [0.29, 0.717) is 5.56 Å². The third-order valence-electron chi connectivity index (χ3n) is 1.71. The van der Waals surface area contributed by atoms with Crippen LogP contribution in [-0.2, 0) is 4.79 Å². The van der Waals surface area contributed by atoms with Gasteiger partial charge in [-0.25, -0.2) is 0 Å². The first-order valence-electron chi connectivity index (χ1n) is 4.02. The number of azide groups is 1. The molecular formula is C9H9N3O2. The SMILES string of the molecule is [N-]=[N+]=NCC(=O)C(O)c1ccccc1. The van der Waals surface area contributed by atoms with E-state index in [4.69, 9.17) is 5.53 Å². The third kappa shape index (κ3) is 2.58. The summed E-state index contributed by atoms with van der Waals surface area (Å²) in [6.07, 6.45) is -1.21. The van der Waals surface area contributed by atoms with Crippen LogP contribution in [0.3, 0.4) is 0 Å². The smallest absolute Gasteiger partial charge is 0.171 e. The van der Waals surface area contributed by atoms with Gasteiger partial charge in [0.05, 0.1) is 6.54 Å². The molecule has 0 saturated carbocycles. The Kier molecular flexibility index (Phi) is 3.67. The van der Waals surface area contributed by atoms with Crippen LogP contribution in [0.1, 0.15) is 11.7 Å². The Morgan fingerprint density at radius 2 is 2.14 bits per heavy atom. The summed E-state index contributed by atoms with van der Waals surface area (Å²) in [5.41, 5.74) is 8.50. The molecule has 1 atom stereocenters. The quantitative estimate of drug-likeness (QED) is 0.445. The van der Waals surface area contributed by atoms with Crippen molar-refractivity contribution in [3.63, 3.8) is 0 Å². The number of hydrogen-bond acceptors (Lipinski definition) is 3. The highest BCUT2D eigenvalue weighted by atomic mass is 16.3. The number of benzene rings is 1. The Bertz CT molecular complexity index is 358. The van der Waals surface area contributed by atoms with Crippen LogP contribution in [0, 0.1) is 0 Å². The Labute approximate surface area is 80.6 Å². The fourth-order valence-electron chi connectivity index (χ4n) is 1.01. The molecule has 72 valence electrons. The van der Waals surface area contributed by atoms with Crippen LogP contribution in [0.4, 0.5) is 0 Å². The minimum atomic E-state index is -1.21. The second-order valence-corrected chi connectivity index (χ2v) is 2.67. The van der Waals surface area contributed by atoms with Gasteiger partial charge in [0.2, 0.25) is 0 Å². The van der Waals surface area contributed by atoms with Gasteiger partial charge in [0.25, 0.3) is 0 Å². The maximum absolute atomic E-state index is 11.2. The summed E-state index contributed by atoms with van der Waals surface area (Å²) >= 11 is 0. The number of aliphatic hydroxyl groups excluding tert-OH is 1. The van der Waals surface area contributed by atoms with Gasteiger partial charge in [0.15, 0.2) is 5.78 Å². The highest BCUT2D eigenvalue weighted by molar-refractivity contribution is 5.85. The molecule has 0 spiro atoms. The lowest BCUT2D eigenvalue weighted by Gasteiger charge is -2.07. The molecule has 1 rings (SSSR count). The van der Waals surface area contributed by atoms with Crippen molar-refractivity contribution in [2.75, 3.05) is 6.54 Å². The fraction of sp³-hybridized carbons (Fsp3) is 0.222. The number of Topliss-reactive ketones (excluding diaryl/α,β-unsaturated/α-hetero) is 1. The molecule has 0 saturated heterocycles. The number of aliphatic hydroxyl groups is 1. The molecule has 0 bridgehead atoms. The van der Waals surface area contributed by atoms with Crippen molar-refractivity contribution in [3.05, 3.63) is 46.3 Å². The highest BCUT2D eigenvalue weighted by Gasteiger charge is 2.15. The Hall–Kier alpha value is -1.84. The van der Waals surface area contributed by atoms with E-state index in [1.54, 1.807) is 30.3 Å². The molecule has 0 aromatic heterocycles. The van der Waals surface area contributed by atoms with Gasteiger partial charge in [0, 0.05) is 4.91 Å². The van der Waals surface area contributed by atoms with Crippen LogP contribution >= 0.6 is 0 Å². The van der Waals surface area contributed by atoms with Crippen LogP contribution in [0.2, 0.25) is 0 Å². The van der Waals surface area contributed by atoms with Crippen molar-refractivity contribution >= 4 is 5.78 Å². The summed E-state index contributed by atoms with van der Waals surface area (Å²) < 4.78 is 0. The largest absolute Gasteiger partial charge is 0.381 e. The summed E-state index contributed by atoms with van der Waals surface area (Å²) in [7, 11) is 0. The number of nitrogens with zero attached hydrogens (tertiary/aromatic N) is 3. The molecule has 5 heteroatoms. The molecule has 1 unspecified atom stereocenters. The Balaban J connectivity index is 2.70. The lowest BCUT2D eigenvalue weighted by Crippen LogP contribution is -2.14. The first-order valence-corrected chi connectivity index (χ1v) is 4.02. The van der Waals surface area contributed by atoms with Crippen molar-refractivity contribution in [2.24, 2.45) is 5.11 Å². The zero-order valence-corrected chi connectivity index (χ0v) is 7.37. The second-order valence-electron chi connectivity index (χ2n) is 2.67. The lowest BCUT2D eigenvalue weighted by atomic mass is 10.1. The number of ketones is 1. The first-order chi connectivity index (χ1) is 6.75. The second kappa shape index (κ2) is 5.01. The predicted octanol–water partition coefficient (Wildman–Crippen LogP) is 1.60. The van der Waals surface area contributed by atoms with E-state index in [0.717, 1.165) is 0 Å². The average molecular weight is 191 g/mol. The first kappa shape index (κ1) is 10.2. The molecule has 1 aromatic carbocycles. The minimum absolute atomic E-state index is 0.327. The van der Waals surface area contributed by atoms with Gasteiger partial charge in [-0.05, 0) is 11.1 Å². The van der Waals surface area contributed by atoms with Gasteiger partial charge in [0.1, 0.15) is 6.10 Å². The van der Waals surface area contributed by atoms with E-state index < -0.39 is 11.9 Å². The van der Waals surface area contributed by atoms with Gasteiger partial charge in [-0.3, -0.25) is 4.79 Å². The van der Waals surface area contributed by atoms with Crippen LogP contribution in [-0.4, -0.2) is 17.4 Å². The van der Waals surface area contributed by atoms with E-state index in [1.807, 2.05) is 0 Å². The number of carbonyl (C=O) groups excluding carboxylic acids is 1. The molecule has 0 aliphatic rings. The van der Waals surface area contributed by atoms with Gasteiger partial charge in [-0.2, -0.15) is 0 Å². The molecule has 0 aliphatic carbocycles. The summed E-state index contributed by atoms with van der Waals surface area (Å²) in [5, 5.41) is 12.6. The molecule has 0 amide bonds. The van der Waals surface area contributed by atoms with Crippen molar-refractivity contribution < 1.29 is 9.90 Å². The molecule has 0 fully saturated rings. The van der Waals surface area contributed by atoms with Gasteiger partial charge < -0.3 is 5.11 Å². The van der Waals surface area contributed by atoms with Crippen molar-refractivity contribution in [1.82, 2.24) is 0 Å². The number of rotatable bonds is 4. The van der Waals surface area contributed by atoms with Crippen molar-refractivity contribution in [2.45, 2.75) is 6.10 Å². The predicted molar refractivity (Wildman–Crippen MR) is 50.4 cm³/mol. The summed E-state index contributed by atoms with van der Waals surface area (Å²) in [4.78, 5) is 13.6. The molecule has 0 aliphatic heterocycles. The summed E-state index contributed by atoms with van der Waals surface area (Å²) in [5.74, 6) is -0.506. The van der Waals surface area contributed by atoms with Crippen LogP contribution in [0.15, 0.2) is 35.4 Å². The average Bonchev–Trinajstić information content (AvgIpc) is 2.26. The molecule has 0 heterocycles. The maximum Gasteiger partial charge on any atom is 0.171 e. The van der Waals surface area contributed by atoms with Crippen molar-refractivity contribution in [1.29, 1.82) is 0 Å². The monoisotopic (exact) mass is 191 g/mol. The van der Waals surface area contributed by atoms with E-state index >= 15 is 0 Å². The standard InChI is InChI=1S/C9H9N3O2/c10-12-11-6-8(13)9(14)7-4-2-1-3-5-7/h1-5,9,14H,6H2. The van der Waals surface area contributed by atoms with E-state index in [-0.39, 0.29) is 6.54 Å². The molecular weight excluding hydrogens is 182 g/mol. The van der Waals surface area contributed by atoms with E-state index in [1.165, 1.54) is 0 Å². The van der Waals surface area contributed by atoms with Crippen LogP contribution in [0.25, 0.3) is 10.4 Å². The fourth-order valence-corrected chi connectivity index (χ4v) is 1.01. The molecule has 0 radical (unpaired) electrons. The minimum Gasteiger partial charge on any atom is -0.381 e. The Morgan fingerprint density at radius 1 is 1.50 bits per heavy atom. The van der Waals surface area contributed by atoms with Gasteiger partial charge in [-0.15, -0.1) is 0 Å². The number of hydrogen-bond donors (Lipinski definition) is 1. The molecule has 1 aromatic rings. The van der Waals surface area contributed by atoms with Crippen LogP contribution in [0.5, 0.6) is 0 Å². The topological polar surface area (TPSA) is 86.1 Å². The van der Waals surface area contributed by atoms with Gasteiger partial charge in [-0.1, -0.05) is 35.4 Å². The zero-order chi connectivity index (χ0) is 10.4. The van der Waals surface area contributed by atoms with Crippen molar-refractivity contribution in [3.8, 4) is 0 Å². The number of carbonyl (C=O) groups is 1.